The molecule has 132 valence electrons. The van der Waals surface area contributed by atoms with Crippen molar-refractivity contribution >= 4 is 23.5 Å². The van der Waals surface area contributed by atoms with Crippen molar-refractivity contribution in [3.8, 4) is 0 Å². The fourth-order valence-corrected chi connectivity index (χ4v) is 5.49. The van der Waals surface area contributed by atoms with Crippen LogP contribution in [0.5, 0.6) is 0 Å². The van der Waals surface area contributed by atoms with E-state index in [4.69, 9.17) is 0 Å². The van der Waals surface area contributed by atoms with Crippen LogP contribution in [0.2, 0.25) is 0 Å². The minimum Gasteiger partial charge on any atom is -0.304 e. The number of hydrogen-bond donors (Lipinski definition) is 0. The van der Waals surface area contributed by atoms with Crippen LogP contribution >= 0.6 is 23.5 Å². The van der Waals surface area contributed by atoms with Gasteiger partial charge in [-0.3, -0.25) is 4.90 Å². The highest BCUT2D eigenvalue weighted by Crippen LogP contribution is 2.44. The molecule has 4 heteroatoms. The van der Waals surface area contributed by atoms with Crippen LogP contribution in [0.25, 0.3) is 0 Å². The summed E-state index contributed by atoms with van der Waals surface area (Å²) in [6.07, 6.45) is 3.30. The molecule has 0 radical (unpaired) electrons. The molecule has 2 aliphatic rings. The molecule has 0 aromatic heterocycles. The molecule has 4 rings (SSSR count). The number of aryl methyl sites for hydroxylation is 1. The molecular weight excluding hydrogens is 344 g/mol. The molecule has 0 amide bonds. The van der Waals surface area contributed by atoms with Crippen LogP contribution in [0.3, 0.4) is 0 Å². The fourth-order valence-electron chi connectivity index (χ4n) is 3.83. The molecule has 1 saturated heterocycles. The molecule has 2 aliphatic heterocycles. The van der Waals surface area contributed by atoms with Crippen LogP contribution < -0.4 is 0 Å². The van der Waals surface area contributed by atoms with Gasteiger partial charge in [0, 0.05) is 46.9 Å². The predicted octanol–water partition coefficient (Wildman–Crippen LogP) is 4.71. The van der Waals surface area contributed by atoms with Gasteiger partial charge in [-0.1, -0.05) is 23.9 Å². The van der Waals surface area contributed by atoms with Crippen LogP contribution in [0, 0.1) is 6.92 Å². The molecule has 2 aromatic rings. The summed E-state index contributed by atoms with van der Waals surface area (Å²) in [5.41, 5.74) is 4.38. The number of likely N-dealkylation sites (N-methyl/N-ethyl adjacent to an activating group) is 1. The smallest absolute Gasteiger partial charge is 0.0401 e. The second kappa shape index (κ2) is 7.36. The minimum absolute atomic E-state index is 0.493. The summed E-state index contributed by atoms with van der Waals surface area (Å²) < 4.78 is 0. The van der Waals surface area contributed by atoms with Gasteiger partial charge in [-0.2, -0.15) is 0 Å². The molecule has 1 fully saturated rings. The highest BCUT2D eigenvalue weighted by Gasteiger charge is 2.29. The summed E-state index contributed by atoms with van der Waals surface area (Å²) in [6.45, 7) is 6.86. The Bertz CT molecular complexity index is 766. The van der Waals surface area contributed by atoms with E-state index >= 15 is 0 Å². The maximum Gasteiger partial charge on any atom is 0.0401 e. The Kier molecular flexibility index (Phi) is 5.14. The Balaban J connectivity index is 1.77. The Morgan fingerprint density at radius 2 is 1.80 bits per heavy atom. The molecule has 0 aliphatic carbocycles. The van der Waals surface area contributed by atoms with Crippen molar-refractivity contribution in [3.63, 3.8) is 0 Å². The van der Waals surface area contributed by atoms with Crippen molar-refractivity contribution in [3.05, 3.63) is 53.1 Å². The summed E-state index contributed by atoms with van der Waals surface area (Å²) >= 11 is 3.81. The van der Waals surface area contributed by atoms with Crippen molar-refractivity contribution in [2.75, 3.05) is 39.5 Å². The van der Waals surface area contributed by atoms with Crippen LogP contribution in [-0.4, -0.2) is 49.3 Å². The minimum atomic E-state index is 0.493. The summed E-state index contributed by atoms with van der Waals surface area (Å²) in [5, 5.41) is 0. The number of piperazine rings is 1. The lowest BCUT2D eigenvalue weighted by Crippen LogP contribution is -2.46. The third-order valence-electron chi connectivity index (χ3n) is 5.41. The van der Waals surface area contributed by atoms with E-state index in [1.807, 2.05) is 23.5 Å². The van der Waals surface area contributed by atoms with Crippen molar-refractivity contribution < 1.29 is 0 Å². The van der Waals surface area contributed by atoms with Gasteiger partial charge in [-0.15, -0.1) is 11.8 Å². The van der Waals surface area contributed by atoms with E-state index in [9.17, 15) is 0 Å². The maximum atomic E-state index is 2.71. The normalized spacial score (nSPS) is 21.5. The van der Waals surface area contributed by atoms with Crippen LogP contribution in [0.4, 0.5) is 0 Å². The Morgan fingerprint density at radius 1 is 1.00 bits per heavy atom. The van der Waals surface area contributed by atoms with Crippen LogP contribution in [0.15, 0.2) is 51.1 Å². The van der Waals surface area contributed by atoms with Gasteiger partial charge in [-0.25, -0.2) is 0 Å². The highest BCUT2D eigenvalue weighted by atomic mass is 32.2. The number of hydrogen-bond acceptors (Lipinski definition) is 4. The average molecular weight is 371 g/mol. The first-order valence-electron chi connectivity index (χ1n) is 9.02. The first kappa shape index (κ1) is 17.5. The van der Waals surface area contributed by atoms with Crippen molar-refractivity contribution in [1.29, 1.82) is 0 Å². The Labute approximate surface area is 160 Å². The van der Waals surface area contributed by atoms with Crippen molar-refractivity contribution in [2.45, 2.75) is 34.1 Å². The first-order chi connectivity index (χ1) is 12.1. The maximum absolute atomic E-state index is 2.71. The van der Waals surface area contributed by atoms with Gasteiger partial charge < -0.3 is 4.90 Å². The Hall–Kier alpha value is -0.940. The molecule has 0 bridgehead atoms. The molecule has 2 heterocycles. The van der Waals surface area contributed by atoms with Gasteiger partial charge in [0.1, 0.15) is 0 Å². The number of rotatable bonds is 2. The standard InChI is InChI=1S/C21H26N2S2/c1-15-4-5-16-13-19(23-10-8-22(2)9-11-23)18-14-17(24-3)6-7-20(18)25-21(16)12-15/h4-7,12,14,19H,8-11,13H2,1-3H3. The second-order valence-electron chi connectivity index (χ2n) is 7.18. The van der Waals surface area contributed by atoms with E-state index in [0.717, 1.165) is 19.5 Å². The molecule has 0 N–H and O–H groups in total. The summed E-state index contributed by atoms with van der Waals surface area (Å²) in [7, 11) is 2.23. The number of benzene rings is 2. The zero-order valence-corrected chi connectivity index (χ0v) is 16.9. The van der Waals surface area contributed by atoms with E-state index in [1.54, 1.807) is 0 Å². The summed E-state index contributed by atoms with van der Waals surface area (Å²) in [5.74, 6) is 0. The third-order valence-corrected chi connectivity index (χ3v) is 7.33. The lowest BCUT2D eigenvalue weighted by atomic mass is 9.96. The van der Waals surface area contributed by atoms with Gasteiger partial charge in [-0.05, 0) is 67.6 Å². The quantitative estimate of drug-likeness (QED) is 0.706. The van der Waals surface area contributed by atoms with Gasteiger partial charge >= 0.3 is 0 Å². The SMILES string of the molecule is CSc1ccc2c(c1)C(N1CCN(C)CC1)Cc1ccc(C)cc1S2. The highest BCUT2D eigenvalue weighted by molar-refractivity contribution is 7.99. The predicted molar refractivity (Wildman–Crippen MR) is 109 cm³/mol. The van der Waals surface area contributed by atoms with E-state index in [1.165, 1.54) is 44.5 Å². The van der Waals surface area contributed by atoms with E-state index in [0.29, 0.717) is 6.04 Å². The molecule has 0 saturated carbocycles. The zero-order valence-electron chi connectivity index (χ0n) is 15.3. The monoisotopic (exact) mass is 370 g/mol. The number of fused-ring (bicyclic) bond motifs is 2. The van der Waals surface area contributed by atoms with E-state index in [-0.39, 0.29) is 0 Å². The molecule has 1 unspecified atom stereocenters. The first-order valence-corrected chi connectivity index (χ1v) is 11.1. The number of nitrogens with zero attached hydrogens (tertiary/aromatic N) is 2. The van der Waals surface area contributed by atoms with Crippen LogP contribution in [-0.2, 0) is 6.42 Å². The van der Waals surface area contributed by atoms with Crippen molar-refractivity contribution in [1.82, 2.24) is 9.80 Å². The molecular formula is C21H26N2S2. The Morgan fingerprint density at radius 3 is 2.56 bits per heavy atom. The van der Waals surface area contributed by atoms with E-state index < -0.39 is 0 Å². The largest absolute Gasteiger partial charge is 0.304 e. The summed E-state index contributed by atoms with van der Waals surface area (Å²) in [4.78, 5) is 9.40. The van der Waals surface area contributed by atoms with Crippen LogP contribution in [0.1, 0.15) is 22.7 Å². The zero-order chi connectivity index (χ0) is 17.4. The lowest BCUT2D eigenvalue weighted by Gasteiger charge is -2.38. The van der Waals surface area contributed by atoms with Gasteiger partial charge in [0.15, 0.2) is 0 Å². The molecule has 1 atom stereocenters. The third kappa shape index (κ3) is 3.63. The molecule has 0 spiro atoms. The average Bonchev–Trinajstić information content (AvgIpc) is 2.78. The number of thioether (sulfide) groups is 1. The topological polar surface area (TPSA) is 6.48 Å². The van der Waals surface area contributed by atoms with Gasteiger partial charge in [0.05, 0.1) is 0 Å². The molecule has 25 heavy (non-hydrogen) atoms. The van der Waals surface area contributed by atoms with Crippen molar-refractivity contribution in [2.24, 2.45) is 0 Å². The van der Waals surface area contributed by atoms with Gasteiger partial charge in [0.25, 0.3) is 0 Å². The molecule has 2 nitrogen and oxygen atoms in total. The fraction of sp³-hybridized carbons (Fsp3) is 0.429. The van der Waals surface area contributed by atoms with E-state index in [2.05, 4.69) is 66.4 Å². The second-order valence-corrected chi connectivity index (χ2v) is 9.14. The molecule has 2 aromatic carbocycles. The summed E-state index contributed by atoms with van der Waals surface area (Å²) in [6, 6.07) is 14.5. The lowest BCUT2D eigenvalue weighted by molar-refractivity contribution is 0.109. The van der Waals surface area contributed by atoms with Gasteiger partial charge in [0.2, 0.25) is 0 Å².